The maximum absolute atomic E-state index is 13.7. The van der Waals surface area contributed by atoms with Gasteiger partial charge < -0.3 is 14.4 Å². The molecular formula is C22H28ClN3O5S2. The molecule has 33 heavy (non-hydrogen) atoms. The molecule has 3 aromatic rings. The molecule has 2 aromatic carbocycles. The molecule has 0 N–H and O–H groups in total. The Kier molecular flexibility index (Phi) is 9.07. The number of nitrogens with zero attached hydrogens (tertiary/aromatic N) is 3. The van der Waals surface area contributed by atoms with E-state index in [4.69, 9.17) is 9.47 Å². The molecule has 0 aliphatic carbocycles. The highest BCUT2D eigenvalue weighted by atomic mass is 35.5. The standard InChI is InChI=1S/C22H27N3O5S2.ClH/c1-6-32(27,28)18-10-8-7-9-15(18)21(26)25(14-13-24(2)3)22-23-19-16(29-4)11-12-17(30-5)20(19)31-22;/h7-12H,6,13-14H2,1-5H3;1H. The molecule has 0 radical (unpaired) electrons. The number of carbonyl (C=O) groups excluding carboxylic acids is 1. The van der Waals surface area contributed by atoms with Crippen LogP contribution in [-0.4, -0.2) is 71.4 Å². The van der Waals surface area contributed by atoms with E-state index in [0.29, 0.717) is 35.2 Å². The number of amides is 1. The van der Waals surface area contributed by atoms with Crippen molar-refractivity contribution in [2.24, 2.45) is 0 Å². The minimum absolute atomic E-state index is 0. The van der Waals surface area contributed by atoms with E-state index < -0.39 is 15.7 Å². The molecule has 0 atom stereocenters. The Morgan fingerprint density at radius 1 is 1.03 bits per heavy atom. The summed E-state index contributed by atoms with van der Waals surface area (Å²) in [6.07, 6.45) is 0. The minimum atomic E-state index is -3.58. The number of halogens is 1. The number of rotatable bonds is 9. The number of hydrogen-bond donors (Lipinski definition) is 0. The van der Waals surface area contributed by atoms with Crippen LogP contribution in [0.25, 0.3) is 10.2 Å². The van der Waals surface area contributed by atoms with E-state index in [-0.39, 0.29) is 28.6 Å². The lowest BCUT2D eigenvalue weighted by atomic mass is 10.2. The van der Waals surface area contributed by atoms with Gasteiger partial charge in [0.15, 0.2) is 15.0 Å². The third kappa shape index (κ3) is 5.57. The lowest BCUT2D eigenvalue weighted by Crippen LogP contribution is -2.37. The first-order chi connectivity index (χ1) is 15.2. The molecule has 1 heterocycles. The lowest BCUT2D eigenvalue weighted by molar-refractivity contribution is 0.0982. The predicted octanol–water partition coefficient (Wildman–Crippen LogP) is 3.74. The normalized spacial score (nSPS) is 11.3. The Labute approximate surface area is 204 Å². The SMILES string of the molecule is CCS(=O)(=O)c1ccccc1C(=O)N(CCN(C)C)c1nc2c(OC)ccc(OC)c2s1.Cl. The number of hydrogen-bond acceptors (Lipinski definition) is 8. The van der Waals surface area contributed by atoms with Crippen molar-refractivity contribution in [1.82, 2.24) is 9.88 Å². The number of benzene rings is 2. The molecule has 0 saturated heterocycles. The van der Waals surface area contributed by atoms with E-state index >= 15 is 0 Å². The third-order valence-corrected chi connectivity index (χ3v) is 7.86. The Balaban J connectivity index is 0.00000385. The second-order valence-electron chi connectivity index (χ2n) is 7.30. The topological polar surface area (TPSA) is 89.0 Å². The summed E-state index contributed by atoms with van der Waals surface area (Å²) < 4.78 is 36.9. The summed E-state index contributed by atoms with van der Waals surface area (Å²) in [5.41, 5.74) is 0.718. The summed E-state index contributed by atoms with van der Waals surface area (Å²) in [6.45, 7) is 2.46. The van der Waals surface area contributed by atoms with Crippen LogP contribution >= 0.6 is 23.7 Å². The number of thiazole rings is 1. The molecule has 0 spiro atoms. The van der Waals surface area contributed by atoms with Gasteiger partial charge in [0, 0.05) is 13.1 Å². The van der Waals surface area contributed by atoms with Gasteiger partial charge in [-0.3, -0.25) is 9.69 Å². The van der Waals surface area contributed by atoms with Crippen molar-refractivity contribution in [3.63, 3.8) is 0 Å². The Morgan fingerprint density at radius 3 is 2.27 bits per heavy atom. The monoisotopic (exact) mass is 513 g/mol. The van der Waals surface area contributed by atoms with Gasteiger partial charge in [0.25, 0.3) is 5.91 Å². The number of fused-ring (bicyclic) bond motifs is 1. The van der Waals surface area contributed by atoms with Gasteiger partial charge in [-0.1, -0.05) is 30.4 Å². The summed E-state index contributed by atoms with van der Waals surface area (Å²) in [6, 6.07) is 9.86. The molecule has 180 valence electrons. The van der Waals surface area contributed by atoms with Gasteiger partial charge in [-0.15, -0.1) is 12.4 Å². The Morgan fingerprint density at radius 2 is 1.67 bits per heavy atom. The fraction of sp³-hybridized carbons (Fsp3) is 0.364. The Bertz CT molecular complexity index is 1190. The van der Waals surface area contributed by atoms with E-state index in [0.717, 1.165) is 4.70 Å². The molecule has 0 bridgehead atoms. The van der Waals surface area contributed by atoms with Crippen molar-refractivity contribution < 1.29 is 22.7 Å². The summed E-state index contributed by atoms with van der Waals surface area (Å²) in [7, 11) is 3.36. The highest BCUT2D eigenvalue weighted by molar-refractivity contribution is 7.91. The first-order valence-electron chi connectivity index (χ1n) is 10.0. The molecular weight excluding hydrogens is 486 g/mol. The van der Waals surface area contributed by atoms with Crippen LogP contribution in [0, 0.1) is 0 Å². The quantitative estimate of drug-likeness (QED) is 0.430. The second kappa shape index (κ2) is 11.1. The van der Waals surface area contributed by atoms with E-state index in [1.54, 1.807) is 51.5 Å². The van der Waals surface area contributed by atoms with Crippen LogP contribution in [0.3, 0.4) is 0 Å². The van der Waals surface area contributed by atoms with Gasteiger partial charge in [-0.05, 0) is 38.4 Å². The van der Waals surface area contributed by atoms with Gasteiger partial charge in [0.05, 0.1) is 30.4 Å². The lowest BCUT2D eigenvalue weighted by Gasteiger charge is -2.23. The molecule has 1 aromatic heterocycles. The maximum Gasteiger partial charge on any atom is 0.261 e. The second-order valence-corrected chi connectivity index (χ2v) is 10.5. The molecule has 0 aliphatic heterocycles. The van der Waals surface area contributed by atoms with Crippen LogP contribution in [0.1, 0.15) is 17.3 Å². The van der Waals surface area contributed by atoms with Gasteiger partial charge in [-0.2, -0.15) is 0 Å². The average molecular weight is 514 g/mol. The van der Waals surface area contributed by atoms with Crippen LogP contribution in [0.2, 0.25) is 0 Å². The summed E-state index contributed by atoms with van der Waals surface area (Å²) >= 11 is 1.30. The highest BCUT2D eigenvalue weighted by Crippen LogP contribution is 2.40. The van der Waals surface area contributed by atoms with E-state index in [2.05, 4.69) is 4.98 Å². The molecule has 11 heteroatoms. The minimum Gasteiger partial charge on any atom is -0.495 e. The smallest absolute Gasteiger partial charge is 0.261 e. The number of sulfone groups is 1. The van der Waals surface area contributed by atoms with E-state index in [9.17, 15) is 13.2 Å². The van der Waals surface area contributed by atoms with Crippen molar-refractivity contribution in [1.29, 1.82) is 0 Å². The third-order valence-electron chi connectivity index (χ3n) is 4.98. The zero-order valence-corrected chi connectivity index (χ0v) is 21.6. The Hall–Kier alpha value is -2.40. The molecule has 0 unspecified atom stereocenters. The average Bonchev–Trinajstić information content (AvgIpc) is 3.23. The van der Waals surface area contributed by atoms with Crippen molar-refractivity contribution >= 4 is 54.8 Å². The molecule has 0 fully saturated rings. The van der Waals surface area contributed by atoms with Crippen molar-refractivity contribution in [2.75, 3.05) is 52.1 Å². The summed E-state index contributed by atoms with van der Waals surface area (Å²) in [4.78, 5) is 21.8. The van der Waals surface area contributed by atoms with Crippen LogP contribution in [-0.2, 0) is 9.84 Å². The van der Waals surface area contributed by atoms with E-state index in [1.807, 2.05) is 19.0 Å². The van der Waals surface area contributed by atoms with Crippen LogP contribution in [0.15, 0.2) is 41.3 Å². The number of anilines is 1. The van der Waals surface area contributed by atoms with Crippen LogP contribution in [0.5, 0.6) is 11.5 Å². The number of ether oxygens (including phenoxy) is 2. The molecule has 0 aliphatic rings. The van der Waals surface area contributed by atoms with Gasteiger partial charge in [0.2, 0.25) is 0 Å². The molecule has 1 amide bonds. The first-order valence-corrected chi connectivity index (χ1v) is 12.5. The van der Waals surface area contributed by atoms with Crippen LogP contribution < -0.4 is 14.4 Å². The zero-order valence-electron chi connectivity index (χ0n) is 19.2. The van der Waals surface area contributed by atoms with Crippen molar-refractivity contribution in [3.8, 4) is 11.5 Å². The number of likely N-dealkylation sites (N-methyl/N-ethyl adjacent to an activating group) is 1. The fourth-order valence-corrected chi connectivity index (χ4v) is 5.38. The number of aromatic nitrogens is 1. The van der Waals surface area contributed by atoms with E-state index in [1.165, 1.54) is 22.3 Å². The fourth-order valence-electron chi connectivity index (χ4n) is 3.19. The van der Waals surface area contributed by atoms with Crippen molar-refractivity contribution in [3.05, 3.63) is 42.0 Å². The first kappa shape index (κ1) is 26.8. The number of carbonyl (C=O) groups is 1. The molecule has 8 nitrogen and oxygen atoms in total. The predicted molar refractivity (Wildman–Crippen MR) is 134 cm³/mol. The highest BCUT2D eigenvalue weighted by Gasteiger charge is 2.28. The van der Waals surface area contributed by atoms with Gasteiger partial charge in [-0.25, -0.2) is 13.4 Å². The van der Waals surface area contributed by atoms with Gasteiger partial charge in [0.1, 0.15) is 21.7 Å². The summed E-state index contributed by atoms with van der Waals surface area (Å²) in [5.74, 6) is 0.678. The maximum atomic E-state index is 13.7. The summed E-state index contributed by atoms with van der Waals surface area (Å²) in [5, 5.41) is 0.443. The van der Waals surface area contributed by atoms with Gasteiger partial charge >= 0.3 is 0 Å². The molecule has 3 rings (SSSR count). The molecule has 0 saturated carbocycles. The van der Waals surface area contributed by atoms with Crippen LogP contribution in [0.4, 0.5) is 5.13 Å². The van der Waals surface area contributed by atoms with Crippen molar-refractivity contribution in [2.45, 2.75) is 11.8 Å². The number of methoxy groups -OCH3 is 2. The zero-order chi connectivity index (χ0) is 23.5. The largest absolute Gasteiger partial charge is 0.495 e.